The van der Waals surface area contributed by atoms with Gasteiger partial charge in [0, 0.05) is 17.2 Å². The van der Waals surface area contributed by atoms with E-state index >= 15 is 0 Å². The number of carbonyl (C=O) groups excluding carboxylic acids is 2. The van der Waals surface area contributed by atoms with Gasteiger partial charge in [-0.2, -0.15) is 0 Å². The van der Waals surface area contributed by atoms with Crippen LogP contribution in [0.1, 0.15) is 60.8 Å². The monoisotopic (exact) mass is 357 g/mol. The van der Waals surface area contributed by atoms with Crippen LogP contribution < -0.4 is 5.32 Å². The second-order valence-corrected chi connectivity index (χ2v) is 7.83. The van der Waals surface area contributed by atoms with E-state index in [-0.39, 0.29) is 18.0 Å². The van der Waals surface area contributed by atoms with E-state index in [1.807, 2.05) is 13.8 Å². The lowest BCUT2D eigenvalue weighted by atomic mass is 9.88. The molecule has 1 aliphatic carbocycles. The number of halogens is 1. The number of amides is 1. The van der Waals surface area contributed by atoms with E-state index in [9.17, 15) is 9.59 Å². The number of anilines is 1. The van der Waals surface area contributed by atoms with Gasteiger partial charge in [-0.3, -0.25) is 4.79 Å². The Kier molecular flexibility index (Phi) is 6.48. The largest absolute Gasteiger partial charge is 0.459 e. The molecule has 128 valence electrons. The molecule has 0 spiro atoms. The summed E-state index contributed by atoms with van der Waals surface area (Å²) < 4.78 is 5.39. The molecule has 1 atom stereocenters. The maximum Gasteiger partial charge on any atom is 0.341 e. The first-order valence-electron chi connectivity index (χ1n) is 8.13. The quantitative estimate of drug-likeness (QED) is 0.606. The third-order valence-electron chi connectivity index (χ3n) is 3.85. The summed E-state index contributed by atoms with van der Waals surface area (Å²) in [6.07, 6.45) is 3.70. The Bertz CT molecular complexity index is 583. The molecule has 0 radical (unpaired) electrons. The first-order chi connectivity index (χ1) is 10.9. The molecule has 4 nitrogen and oxygen atoms in total. The van der Waals surface area contributed by atoms with E-state index in [2.05, 4.69) is 12.2 Å². The van der Waals surface area contributed by atoms with Gasteiger partial charge in [-0.1, -0.05) is 6.92 Å². The fourth-order valence-electron chi connectivity index (χ4n) is 2.74. The average molecular weight is 358 g/mol. The van der Waals surface area contributed by atoms with Crippen molar-refractivity contribution in [2.24, 2.45) is 5.92 Å². The van der Waals surface area contributed by atoms with Crippen molar-refractivity contribution in [1.82, 2.24) is 0 Å². The summed E-state index contributed by atoms with van der Waals surface area (Å²) in [5.41, 5.74) is 1.62. The first kappa shape index (κ1) is 18.3. The highest BCUT2D eigenvalue weighted by molar-refractivity contribution is 7.17. The van der Waals surface area contributed by atoms with Crippen molar-refractivity contribution < 1.29 is 14.3 Å². The number of carbonyl (C=O) groups is 2. The van der Waals surface area contributed by atoms with Crippen LogP contribution in [0.3, 0.4) is 0 Å². The smallest absolute Gasteiger partial charge is 0.341 e. The number of thiophene rings is 1. The van der Waals surface area contributed by atoms with E-state index in [1.165, 1.54) is 16.2 Å². The molecule has 1 heterocycles. The van der Waals surface area contributed by atoms with Gasteiger partial charge in [0.2, 0.25) is 5.91 Å². The van der Waals surface area contributed by atoms with E-state index in [4.69, 9.17) is 16.3 Å². The molecule has 1 N–H and O–H groups in total. The van der Waals surface area contributed by atoms with Crippen molar-refractivity contribution in [1.29, 1.82) is 0 Å². The summed E-state index contributed by atoms with van der Waals surface area (Å²) in [5.74, 6) is 0.624. The fraction of sp³-hybridized carbons (Fsp3) is 0.647. The van der Waals surface area contributed by atoms with Crippen LogP contribution in [0.25, 0.3) is 0 Å². The van der Waals surface area contributed by atoms with Crippen molar-refractivity contribution in [2.75, 3.05) is 11.2 Å². The molecular formula is C17H24ClNO3S. The molecule has 1 aromatic heterocycles. The summed E-state index contributed by atoms with van der Waals surface area (Å²) in [6.45, 7) is 5.88. The molecule has 0 aromatic carbocycles. The van der Waals surface area contributed by atoms with Gasteiger partial charge in [0.05, 0.1) is 11.7 Å². The van der Waals surface area contributed by atoms with Gasteiger partial charge in [0.1, 0.15) is 5.00 Å². The van der Waals surface area contributed by atoms with Crippen molar-refractivity contribution in [3.63, 3.8) is 0 Å². The topological polar surface area (TPSA) is 55.4 Å². The third kappa shape index (κ3) is 4.70. The SMILES string of the molecule is CC1CCc2c(sc(NC(=O)CCCCl)c2C(=O)OC(C)C)C1. The second kappa shape index (κ2) is 8.15. The highest BCUT2D eigenvalue weighted by Gasteiger charge is 2.29. The van der Waals surface area contributed by atoms with Gasteiger partial charge in [0.25, 0.3) is 0 Å². The number of rotatable bonds is 6. The Morgan fingerprint density at radius 3 is 2.83 bits per heavy atom. The van der Waals surface area contributed by atoms with Crippen LogP contribution in [0.2, 0.25) is 0 Å². The number of hydrogen-bond donors (Lipinski definition) is 1. The van der Waals surface area contributed by atoms with Crippen LogP contribution in [0, 0.1) is 5.92 Å². The zero-order valence-corrected chi connectivity index (χ0v) is 15.5. The van der Waals surface area contributed by atoms with Gasteiger partial charge < -0.3 is 10.1 Å². The van der Waals surface area contributed by atoms with Crippen LogP contribution in [-0.4, -0.2) is 23.9 Å². The highest BCUT2D eigenvalue weighted by Crippen LogP contribution is 2.40. The number of hydrogen-bond acceptors (Lipinski definition) is 4. The average Bonchev–Trinajstić information content (AvgIpc) is 2.81. The summed E-state index contributed by atoms with van der Waals surface area (Å²) in [5, 5.41) is 3.53. The van der Waals surface area contributed by atoms with Gasteiger partial charge in [-0.15, -0.1) is 22.9 Å². The maximum atomic E-state index is 12.5. The minimum atomic E-state index is -0.334. The molecule has 2 rings (SSSR count). The summed E-state index contributed by atoms with van der Waals surface area (Å²) in [6, 6.07) is 0. The Morgan fingerprint density at radius 2 is 2.17 bits per heavy atom. The molecule has 1 aliphatic rings. The first-order valence-corrected chi connectivity index (χ1v) is 9.48. The highest BCUT2D eigenvalue weighted by atomic mass is 35.5. The van der Waals surface area contributed by atoms with Crippen LogP contribution in [0.15, 0.2) is 0 Å². The van der Waals surface area contributed by atoms with Gasteiger partial charge in [0.15, 0.2) is 0 Å². The summed E-state index contributed by atoms with van der Waals surface area (Å²) in [4.78, 5) is 25.7. The molecule has 1 aromatic rings. The van der Waals surface area contributed by atoms with E-state index in [0.717, 1.165) is 24.8 Å². The van der Waals surface area contributed by atoms with Gasteiger partial charge >= 0.3 is 5.97 Å². The van der Waals surface area contributed by atoms with Gasteiger partial charge in [-0.25, -0.2) is 4.79 Å². The number of nitrogens with one attached hydrogen (secondary N) is 1. The van der Waals surface area contributed by atoms with Crippen molar-refractivity contribution in [2.45, 2.75) is 59.0 Å². The number of alkyl halides is 1. The molecule has 6 heteroatoms. The Hall–Kier alpha value is -1.07. The van der Waals surface area contributed by atoms with E-state index < -0.39 is 0 Å². The Balaban J connectivity index is 2.28. The Morgan fingerprint density at radius 1 is 1.43 bits per heavy atom. The molecule has 0 bridgehead atoms. The van der Waals surface area contributed by atoms with E-state index in [1.54, 1.807) is 0 Å². The number of esters is 1. The third-order valence-corrected chi connectivity index (χ3v) is 5.29. The molecule has 0 saturated heterocycles. The minimum Gasteiger partial charge on any atom is -0.459 e. The molecular weight excluding hydrogens is 334 g/mol. The lowest BCUT2D eigenvalue weighted by Gasteiger charge is -2.18. The molecule has 0 aliphatic heterocycles. The lowest BCUT2D eigenvalue weighted by Crippen LogP contribution is -2.18. The Labute approximate surface area is 146 Å². The summed E-state index contributed by atoms with van der Waals surface area (Å²) in [7, 11) is 0. The van der Waals surface area contributed by atoms with Crippen LogP contribution in [0.5, 0.6) is 0 Å². The van der Waals surface area contributed by atoms with Crippen LogP contribution in [-0.2, 0) is 22.4 Å². The lowest BCUT2D eigenvalue weighted by molar-refractivity contribution is -0.116. The predicted molar refractivity (Wildman–Crippen MR) is 94.6 cm³/mol. The predicted octanol–water partition coefficient (Wildman–Crippen LogP) is 4.40. The van der Waals surface area contributed by atoms with Crippen LogP contribution in [0.4, 0.5) is 5.00 Å². The normalized spacial score (nSPS) is 17.0. The molecule has 0 fully saturated rings. The number of ether oxygens (including phenoxy) is 1. The minimum absolute atomic E-state index is 0.101. The zero-order valence-electron chi connectivity index (χ0n) is 13.9. The van der Waals surface area contributed by atoms with Crippen molar-refractivity contribution in [3.05, 3.63) is 16.0 Å². The number of fused-ring (bicyclic) bond motifs is 1. The van der Waals surface area contributed by atoms with Gasteiger partial charge in [-0.05, 0) is 51.0 Å². The fourth-order valence-corrected chi connectivity index (χ4v) is 4.29. The second-order valence-electron chi connectivity index (χ2n) is 6.35. The van der Waals surface area contributed by atoms with Crippen molar-refractivity contribution >= 4 is 39.8 Å². The summed E-state index contributed by atoms with van der Waals surface area (Å²) >= 11 is 7.15. The molecule has 23 heavy (non-hydrogen) atoms. The zero-order chi connectivity index (χ0) is 17.0. The standard InChI is InChI=1S/C17H24ClNO3S/c1-10(2)22-17(21)15-12-7-6-11(3)9-13(12)23-16(15)19-14(20)5-4-8-18/h10-11H,4-9H2,1-3H3,(H,19,20). The van der Waals surface area contributed by atoms with E-state index in [0.29, 0.717) is 35.2 Å². The molecule has 1 amide bonds. The van der Waals surface area contributed by atoms with Crippen molar-refractivity contribution in [3.8, 4) is 0 Å². The molecule has 0 saturated carbocycles. The van der Waals surface area contributed by atoms with Crippen LogP contribution >= 0.6 is 22.9 Å². The maximum absolute atomic E-state index is 12.5. The molecule has 1 unspecified atom stereocenters.